The van der Waals surface area contributed by atoms with Gasteiger partial charge in [0, 0.05) is 6.54 Å². The number of amides is 2. The Morgan fingerprint density at radius 1 is 1.16 bits per heavy atom. The van der Waals surface area contributed by atoms with Gasteiger partial charge in [0.25, 0.3) is 0 Å². The number of aliphatic hydroxyl groups excluding tert-OH is 2. The van der Waals surface area contributed by atoms with Crippen molar-refractivity contribution in [3.8, 4) is 11.5 Å². The molecule has 0 spiro atoms. The van der Waals surface area contributed by atoms with E-state index in [4.69, 9.17) is 9.84 Å². The number of aliphatic hydroxyl groups is 2. The summed E-state index contributed by atoms with van der Waals surface area (Å²) < 4.78 is 45.6. The fourth-order valence-corrected chi connectivity index (χ4v) is 3.11. The highest BCUT2D eigenvalue weighted by Gasteiger charge is 2.50. The number of rotatable bonds is 8. The summed E-state index contributed by atoms with van der Waals surface area (Å²) in [5.74, 6) is -1.21. The van der Waals surface area contributed by atoms with Crippen LogP contribution in [0.25, 0.3) is 0 Å². The average Bonchev–Trinajstić information content (AvgIpc) is 3.52. The monoisotopic (exact) mass is 452 g/mol. The quantitative estimate of drug-likeness (QED) is 0.493. The van der Waals surface area contributed by atoms with Gasteiger partial charge < -0.3 is 25.6 Å². The summed E-state index contributed by atoms with van der Waals surface area (Å²) in [6.07, 6.45) is -4.75. The zero-order valence-corrected chi connectivity index (χ0v) is 17.2. The fourth-order valence-electron chi connectivity index (χ4n) is 3.11. The van der Waals surface area contributed by atoms with Gasteiger partial charge in [0.05, 0.1) is 11.7 Å². The van der Waals surface area contributed by atoms with Gasteiger partial charge in [-0.1, -0.05) is 18.2 Å². The molecule has 1 atom stereocenters. The molecule has 1 unspecified atom stereocenters. The standard InChI is InChI=1S/C22H23F3N2O5/c1-13(29)15-4-7-18(17(10-15)22(23,24)25)32-16-5-2-14(3-6-16)11-26-20(31)21(8-9-21)27-19(30)12-28/h2-7,10,13,28-29H,8-9,11-12H2,1H3,(H,26,31)(H,27,30). The van der Waals surface area contributed by atoms with Crippen LogP contribution in [-0.2, 0) is 22.3 Å². The van der Waals surface area contributed by atoms with Crippen molar-refractivity contribution in [3.63, 3.8) is 0 Å². The van der Waals surface area contributed by atoms with Crippen molar-refractivity contribution in [2.45, 2.75) is 44.1 Å². The normalized spacial score (nSPS) is 15.6. The summed E-state index contributed by atoms with van der Waals surface area (Å²) in [5.41, 5.74) is -1.18. The Bertz CT molecular complexity index is 986. The first-order valence-electron chi connectivity index (χ1n) is 9.90. The van der Waals surface area contributed by atoms with Gasteiger partial charge in [-0.3, -0.25) is 9.59 Å². The summed E-state index contributed by atoms with van der Waals surface area (Å²) in [7, 11) is 0. The molecule has 0 aromatic heterocycles. The Morgan fingerprint density at radius 3 is 2.34 bits per heavy atom. The first-order valence-corrected chi connectivity index (χ1v) is 9.90. The van der Waals surface area contributed by atoms with Crippen LogP contribution in [0.1, 0.15) is 42.6 Å². The van der Waals surface area contributed by atoms with E-state index in [9.17, 15) is 27.9 Å². The number of carbonyl (C=O) groups is 2. The van der Waals surface area contributed by atoms with Crippen LogP contribution < -0.4 is 15.4 Å². The van der Waals surface area contributed by atoms with E-state index in [1.54, 1.807) is 12.1 Å². The topological polar surface area (TPSA) is 108 Å². The lowest BCUT2D eigenvalue weighted by atomic mass is 10.1. The average molecular weight is 452 g/mol. The molecule has 32 heavy (non-hydrogen) atoms. The molecule has 1 aliphatic carbocycles. The van der Waals surface area contributed by atoms with Crippen LogP contribution in [0.4, 0.5) is 13.2 Å². The van der Waals surface area contributed by atoms with Crippen LogP contribution >= 0.6 is 0 Å². The summed E-state index contributed by atoms with van der Waals surface area (Å²) in [6.45, 7) is 0.820. The Kier molecular flexibility index (Phi) is 6.75. The first kappa shape index (κ1) is 23.6. The highest BCUT2D eigenvalue weighted by molar-refractivity contribution is 5.94. The lowest BCUT2D eigenvalue weighted by molar-refractivity contribution is -0.138. The molecule has 1 saturated carbocycles. The number of alkyl halides is 3. The molecule has 2 aromatic carbocycles. The van der Waals surface area contributed by atoms with Gasteiger partial charge >= 0.3 is 6.18 Å². The molecule has 2 amide bonds. The molecule has 10 heteroatoms. The van der Waals surface area contributed by atoms with Gasteiger partial charge in [-0.15, -0.1) is 0 Å². The van der Waals surface area contributed by atoms with Gasteiger partial charge in [-0.05, 0) is 55.2 Å². The van der Waals surface area contributed by atoms with Crippen molar-refractivity contribution in [1.82, 2.24) is 10.6 Å². The highest BCUT2D eigenvalue weighted by Crippen LogP contribution is 2.39. The highest BCUT2D eigenvalue weighted by atomic mass is 19.4. The molecular weight excluding hydrogens is 429 g/mol. The van der Waals surface area contributed by atoms with Gasteiger partial charge in [-0.25, -0.2) is 0 Å². The van der Waals surface area contributed by atoms with Gasteiger partial charge in [0.15, 0.2) is 0 Å². The van der Waals surface area contributed by atoms with E-state index in [2.05, 4.69) is 10.6 Å². The van der Waals surface area contributed by atoms with E-state index >= 15 is 0 Å². The summed E-state index contributed by atoms with van der Waals surface area (Å²) in [6, 6.07) is 9.53. The van der Waals surface area contributed by atoms with Crippen LogP contribution in [0, 0.1) is 0 Å². The molecular formula is C22H23F3N2O5. The van der Waals surface area contributed by atoms with Crippen LogP contribution in [0.15, 0.2) is 42.5 Å². The molecule has 0 radical (unpaired) electrons. The Morgan fingerprint density at radius 2 is 1.81 bits per heavy atom. The summed E-state index contributed by atoms with van der Waals surface area (Å²) >= 11 is 0. The number of benzene rings is 2. The molecule has 1 fully saturated rings. The number of ether oxygens (including phenoxy) is 1. The number of carbonyl (C=O) groups excluding carboxylic acids is 2. The van der Waals surface area contributed by atoms with Gasteiger partial charge in [-0.2, -0.15) is 13.2 Å². The van der Waals surface area contributed by atoms with E-state index in [1.165, 1.54) is 25.1 Å². The Balaban J connectivity index is 1.64. The minimum Gasteiger partial charge on any atom is -0.457 e. The fraction of sp³-hybridized carbons (Fsp3) is 0.364. The smallest absolute Gasteiger partial charge is 0.419 e. The van der Waals surface area contributed by atoms with Crippen molar-refractivity contribution in [1.29, 1.82) is 0 Å². The third kappa shape index (κ3) is 5.57. The number of halogens is 3. The van der Waals surface area contributed by atoms with Crippen molar-refractivity contribution >= 4 is 11.8 Å². The van der Waals surface area contributed by atoms with E-state index in [0.29, 0.717) is 18.4 Å². The summed E-state index contributed by atoms with van der Waals surface area (Å²) in [5, 5.41) is 23.6. The molecule has 3 rings (SSSR count). The number of hydrogen-bond donors (Lipinski definition) is 4. The number of nitrogens with one attached hydrogen (secondary N) is 2. The van der Waals surface area contributed by atoms with Crippen molar-refractivity contribution < 1.29 is 37.7 Å². The third-order valence-corrected chi connectivity index (χ3v) is 5.10. The molecule has 2 aromatic rings. The Hall–Kier alpha value is -3.11. The molecule has 4 N–H and O–H groups in total. The van der Waals surface area contributed by atoms with Crippen molar-refractivity contribution in [2.75, 3.05) is 6.61 Å². The lowest BCUT2D eigenvalue weighted by Crippen LogP contribution is -2.49. The Labute approximate surface area is 182 Å². The van der Waals surface area contributed by atoms with E-state index < -0.39 is 41.6 Å². The molecule has 1 aliphatic rings. The summed E-state index contributed by atoms with van der Waals surface area (Å²) in [4.78, 5) is 23.6. The molecule has 172 valence electrons. The van der Waals surface area contributed by atoms with Crippen LogP contribution in [0.5, 0.6) is 11.5 Å². The minimum atomic E-state index is -4.66. The zero-order valence-electron chi connectivity index (χ0n) is 17.2. The molecule has 7 nitrogen and oxygen atoms in total. The molecule has 0 saturated heterocycles. The minimum absolute atomic E-state index is 0.124. The molecule has 0 bridgehead atoms. The number of hydrogen-bond acceptors (Lipinski definition) is 5. The zero-order chi connectivity index (χ0) is 23.5. The second-order valence-electron chi connectivity index (χ2n) is 7.65. The largest absolute Gasteiger partial charge is 0.457 e. The first-order chi connectivity index (χ1) is 15.0. The van der Waals surface area contributed by atoms with Gasteiger partial charge in [0.2, 0.25) is 11.8 Å². The maximum absolute atomic E-state index is 13.4. The van der Waals surface area contributed by atoms with E-state index in [1.807, 2.05) is 0 Å². The molecule has 0 aliphatic heterocycles. The maximum Gasteiger partial charge on any atom is 0.419 e. The van der Waals surface area contributed by atoms with Crippen LogP contribution in [0.3, 0.4) is 0 Å². The van der Waals surface area contributed by atoms with Crippen molar-refractivity contribution in [3.05, 3.63) is 59.2 Å². The molecule has 0 heterocycles. The predicted octanol–water partition coefficient (Wildman–Crippen LogP) is 2.81. The van der Waals surface area contributed by atoms with Gasteiger partial charge in [0.1, 0.15) is 23.6 Å². The van der Waals surface area contributed by atoms with E-state index in [-0.39, 0.29) is 23.8 Å². The third-order valence-electron chi connectivity index (χ3n) is 5.10. The SMILES string of the molecule is CC(O)c1ccc(Oc2ccc(CNC(=O)C3(NC(=O)CO)CC3)cc2)c(C(F)(F)F)c1. The second-order valence-corrected chi connectivity index (χ2v) is 7.65. The van der Waals surface area contributed by atoms with Crippen LogP contribution in [-0.4, -0.2) is 34.2 Å². The maximum atomic E-state index is 13.4. The predicted molar refractivity (Wildman–Crippen MR) is 108 cm³/mol. The van der Waals surface area contributed by atoms with Crippen LogP contribution in [0.2, 0.25) is 0 Å². The van der Waals surface area contributed by atoms with Crippen molar-refractivity contribution in [2.24, 2.45) is 0 Å². The lowest BCUT2D eigenvalue weighted by Gasteiger charge is -2.17. The second kappa shape index (κ2) is 9.17. The van der Waals surface area contributed by atoms with E-state index in [0.717, 1.165) is 12.1 Å².